The Morgan fingerprint density at radius 3 is 1.78 bits per heavy atom. The van der Waals surface area contributed by atoms with E-state index in [1.807, 2.05) is 0 Å². The van der Waals surface area contributed by atoms with Crippen molar-refractivity contribution in [3.05, 3.63) is 178 Å². The van der Waals surface area contributed by atoms with Gasteiger partial charge in [0.05, 0.1) is 10.7 Å². The van der Waals surface area contributed by atoms with Crippen LogP contribution in [0.5, 0.6) is 0 Å². The van der Waals surface area contributed by atoms with Gasteiger partial charge in [-0.25, -0.2) is 0 Å². The van der Waals surface area contributed by atoms with Crippen LogP contribution in [-0.4, -0.2) is 6.71 Å². The molecule has 3 heterocycles. The van der Waals surface area contributed by atoms with E-state index in [1.165, 1.54) is 134 Å². The molecule has 3 nitrogen and oxygen atoms in total. The smallest absolute Gasteiger partial charge is 0.254 e. The van der Waals surface area contributed by atoms with E-state index in [-0.39, 0.29) is 33.8 Å². The highest BCUT2D eigenvalue weighted by molar-refractivity contribution is 7.26. The molecule has 394 valence electrons. The molecule has 6 atom stereocenters. The molecule has 6 unspecified atom stereocenters. The fourth-order valence-electron chi connectivity index (χ4n) is 17.2. The number of hydrogen-bond donors (Lipinski definition) is 0. The van der Waals surface area contributed by atoms with Gasteiger partial charge in [0.15, 0.2) is 0 Å². The van der Waals surface area contributed by atoms with Crippen LogP contribution in [0, 0.1) is 11.8 Å². The summed E-state index contributed by atoms with van der Waals surface area (Å²) in [5.41, 5.74) is 25.6. The van der Waals surface area contributed by atoms with Crippen LogP contribution in [-0.2, 0) is 27.1 Å². The molecule has 1 aromatic heterocycles. The molecule has 7 aliphatic rings. The standard InChI is InChI=1S/C73H78BN3S/c1-44-46-19-18-31-72(10,42-46)59-41-61-62(39-54(44)59)76(51-26-24-48(25-27-51)69(3,4)5)63-36-53(75(49-20-14-12-15-21-49)50-22-16-13-17-23-50)37-64-67(63)74(61)66-56-38-58-55(45(2)47-30-32-73(58,11)43-47)40-65(56)78-68(66)77(64)52-28-29-57-60(35-52)71(8,9)34-33-70(57,6)7/h12-17,20-29,35-41,44-47H,18-19,30-34,42-43H2,1-11H3. The minimum absolute atomic E-state index is 0.0211. The molecule has 5 aliphatic carbocycles. The molecule has 4 bridgehead atoms. The molecule has 0 spiro atoms. The summed E-state index contributed by atoms with van der Waals surface area (Å²) in [6.07, 6.45) is 11.5. The second kappa shape index (κ2) is 16.8. The number of thiophene rings is 1. The van der Waals surface area contributed by atoms with Crippen LogP contribution in [0.15, 0.2) is 140 Å². The van der Waals surface area contributed by atoms with Gasteiger partial charge in [-0.15, -0.1) is 11.3 Å². The summed E-state index contributed by atoms with van der Waals surface area (Å²) in [5.74, 6) is 2.54. The lowest BCUT2D eigenvalue weighted by Gasteiger charge is -2.50. The Hall–Kier alpha value is -6.04. The summed E-state index contributed by atoms with van der Waals surface area (Å²) in [6.45, 7) is 27.4. The average molecular weight is 1040 g/mol. The van der Waals surface area contributed by atoms with Crippen LogP contribution >= 0.6 is 11.3 Å². The molecule has 0 N–H and O–H groups in total. The lowest BCUT2D eigenvalue weighted by Crippen LogP contribution is -2.61. The van der Waals surface area contributed by atoms with Crippen molar-refractivity contribution in [2.75, 3.05) is 14.7 Å². The maximum Gasteiger partial charge on any atom is 0.254 e. The summed E-state index contributed by atoms with van der Waals surface area (Å²) in [6, 6.07) is 55.8. The van der Waals surface area contributed by atoms with Gasteiger partial charge in [0, 0.05) is 44.5 Å². The normalized spacial score (nSPS) is 25.7. The first-order valence-corrected chi connectivity index (χ1v) is 30.9. The van der Waals surface area contributed by atoms with Crippen LogP contribution in [0.1, 0.15) is 185 Å². The Morgan fingerprint density at radius 2 is 1.12 bits per heavy atom. The molecule has 7 aromatic carbocycles. The summed E-state index contributed by atoms with van der Waals surface area (Å²) < 4.78 is 1.44. The molecule has 0 amide bonds. The van der Waals surface area contributed by atoms with Gasteiger partial charge in [-0.2, -0.15) is 0 Å². The highest BCUT2D eigenvalue weighted by atomic mass is 32.1. The van der Waals surface area contributed by atoms with E-state index in [2.05, 4.69) is 242 Å². The van der Waals surface area contributed by atoms with Crippen molar-refractivity contribution >= 4 is 95.0 Å². The Bertz CT molecular complexity index is 3730. The van der Waals surface area contributed by atoms with Crippen LogP contribution in [0.3, 0.4) is 0 Å². The van der Waals surface area contributed by atoms with Crippen molar-refractivity contribution in [2.45, 2.75) is 173 Å². The van der Waals surface area contributed by atoms with Gasteiger partial charge in [-0.1, -0.05) is 143 Å². The fourth-order valence-corrected chi connectivity index (χ4v) is 18.5. The summed E-state index contributed by atoms with van der Waals surface area (Å²) >= 11 is 2.07. The summed E-state index contributed by atoms with van der Waals surface area (Å²) in [4.78, 5) is 8.02. The summed E-state index contributed by atoms with van der Waals surface area (Å²) in [5, 5.41) is 2.86. The Kier molecular flexibility index (Phi) is 10.5. The first-order chi connectivity index (χ1) is 37.3. The zero-order valence-corrected chi connectivity index (χ0v) is 49.1. The maximum atomic E-state index is 2.81. The van der Waals surface area contributed by atoms with E-state index in [0.29, 0.717) is 17.8 Å². The van der Waals surface area contributed by atoms with E-state index >= 15 is 0 Å². The van der Waals surface area contributed by atoms with Crippen molar-refractivity contribution in [1.29, 1.82) is 0 Å². The van der Waals surface area contributed by atoms with Gasteiger partial charge < -0.3 is 14.7 Å². The first-order valence-electron chi connectivity index (χ1n) is 30.0. The van der Waals surface area contributed by atoms with Crippen LogP contribution < -0.4 is 31.1 Å². The second-order valence-electron chi connectivity index (χ2n) is 28.6. The molecule has 2 fully saturated rings. The van der Waals surface area contributed by atoms with Gasteiger partial charge in [0.25, 0.3) is 6.71 Å². The monoisotopic (exact) mass is 1040 g/mol. The molecule has 2 aliphatic heterocycles. The van der Waals surface area contributed by atoms with E-state index < -0.39 is 0 Å². The van der Waals surface area contributed by atoms with Crippen molar-refractivity contribution in [1.82, 2.24) is 0 Å². The zero-order valence-electron chi connectivity index (χ0n) is 48.3. The fraction of sp³-hybridized carbons (Fsp3) is 0.397. The van der Waals surface area contributed by atoms with Crippen LogP contribution in [0.2, 0.25) is 0 Å². The Morgan fingerprint density at radius 1 is 0.526 bits per heavy atom. The molecular formula is C73H78BN3S. The van der Waals surface area contributed by atoms with Crippen LogP contribution in [0.4, 0.5) is 50.5 Å². The molecule has 0 saturated heterocycles. The van der Waals surface area contributed by atoms with Crippen LogP contribution in [0.25, 0.3) is 10.1 Å². The molecule has 8 aromatic rings. The van der Waals surface area contributed by atoms with Crippen molar-refractivity contribution in [3.63, 3.8) is 0 Å². The number of rotatable bonds is 5. The minimum atomic E-state index is 0.0211. The van der Waals surface area contributed by atoms with Crippen molar-refractivity contribution < 1.29 is 0 Å². The molecule has 5 heteroatoms. The molecular weight excluding hydrogens is 962 g/mol. The van der Waals surface area contributed by atoms with Crippen molar-refractivity contribution in [2.24, 2.45) is 11.8 Å². The number of anilines is 9. The number of benzene rings is 7. The minimum Gasteiger partial charge on any atom is -0.311 e. The third-order valence-corrected chi connectivity index (χ3v) is 23.0. The zero-order chi connectivity index (χ0) is 53.6. The van der Waals surface area contributed by atoms with Gasteiger partial charge in [-0.3, -0.25) is 0 Å². The quantitative estimate of drug-likeness (QED) is 0.159. The average Bonchev–Trinajstić information content (AvgIpc) is 4.16. The van der Waals surface area contributed by atoms with Gasteiger partial charge in [0.1, 0.15) is 0 Å². The van der Waals surface area contributed by atoms with E-state index in [0.717, 1.165) is 23.0 Å². The summed E-state index contributed by atoms with van der Waals surface area (Å²) in [7, 11) is 0. The highest BCUT2D eigenvalue weighted by Gasteiger charge is 2.51. The molecule has 15 rings (SSSR count). The third kappa shape index (κ3) is 7.07. The van der Waals surface area contributed by atoms with Gasteiger partial charge in [-0.05, 0) is 242 Å². The van der Waals surface area contributed by atoms with E-state index in [1.54, 1.807) is 22.3 Å². The molecule has 2 saturated carbocycles. The number of hydrogen-bond acceptors (Lipinski definition) is 4. The SMILES string of the molecule is CC1c2cc3c(cc2C2(C)CCCC1C2)B1c2c(cc(N(c4ccccc4)c4ccccc4)cc2N(c2ccc4c(c2)C(C)(C)CCC4(C)C)c2sc4cc5c(cc4c21)C1(C)CCC(C1)C5C)N3c1ccc(C(C)(C)C)cc1. The predicted molar refractivity (Wildman–Crippen MR) is 335 cm³/mol. The molecule has 0 radical (unpaired) electrons. The van der Waals surface area contributed by atoms with E-state index in [4.69, 9.17) is 0 Å². The predicted octanol–water partition coefficient (Wildman–Crippen LogP) is 18.8. The van der Waals surface area contributed by atoms with Gasteiger partial charge >= 0.3 is 0 Å². The second-order valence-corrected chi connectivity index (χ2v) is 29.6. The number of nitrogens with zero attached hydrogens (tertiary/aromatic N) is 3. The number of para-hydroxylation sites is 2. The lowest BCUT2D eigenvalue weighted by molar-refractivity contribution is 0.191. The topological polar surface area (TPSA) is 9.72 Å². The first kappa shape index (κ1) is 49.0. The lowest BCUT2D eigenvalue weighted by atomic mass is 9.33. The third-order valence-electron chi connectivity index (χ3n) is 21.9. The molecule has 78 heavy (non-hydrogen) atoms. The largest absolute Gasteiger partial charge is 0.311 e. The van der Waals surface area contributed by atoms with E-state index in [9.17, 15) is 0 Å². The van der Waals surface area contributed by atoms with Gasteiger partial charge in [0.2, 0.25) is 0 Å². The number of fused-ring (bicyclic) bond motifs is 15. The maximum absolute atomic E-state index is 2.81. The van der Waals surface area contributed by atoms with Crippen molar-refractivity contribution in [3.8, 4) is 0 Å². The highest BCUT2D eigenvalue weighted by Crippen LogP contribution is 2.60. The Labute approximate surface area is 470 Å². The Balaban J connectivity index is 1.10.